The van der Waals surface area contributed by atoms with Gasteiger partial charge >= 0.3 is 0 Å². The molecule has 0 aliphatic heterocycles. The molecule has 1 aromatic carbocycles. The molecule has 1 N–H and O–H groups in total. The number of halogens is 2. The van der Waals surface area contributed by atoms with Crippen LogP contribution in [0.2, 0.25) is 5.02 Å². The fourth-order valence-electron chi connectivity index (χ4n) is 1.72. The van der Waals surface area contributed by atoms with E-state index in [0.29, 0.717) is 10.6 Å². The molecular formula is C12H16BrClO3S. The van der Waals surface area contributed by atoms with Crippen LogP contribution in [0.1, 0.15) is 31.9 Å². The first-order valence-electron chi connectivity index (χ1n) is 5.63. The van der Waals surface area contributed by atoms with Gasteiger partial charge in [-0.3, -0.25) is 0 Å². The van der Waals surface area contributed by atoms with Gasteiger partial charge in [0.2, 0.25) is 0 Å². The first-order chi connectivity index (χ1) is 8.28. The smallest absolute Gasteiger partial charge is 0.168 e. The second-order valence-corrected chi connectivity index (χ2v) is 8.91. The van der Waals surface area contributed by atoms with Gasteiger partial charge in [-0.1, -0.05) is 53.5 Å². The summed E-state index contributed by atoms with van der Waals surface area (Å²) in [5, 5.41) is 10.9. The molecule has 18 heavy (non-hydrogen) atoms. The van der Waals surface area contributed by atoms with Crippen LogP contribution >= 0.6 is 27.5 Å². The quantitative estimate of drug-likeness (QED) is 0.824. The molecule has 3 nitrogen and oxygen atoms in total. The van der Waals surface area contributed by atoms with E-state index < -0.39 is 19.6 Å². The highest BCUT2D eigenvalue weighted by atomic mass is 79.9. The van der Waals surface area contributed by atoms with E-state index in [-0.39, 0.29) is 12.2 Å². The lowest BCUT2D eigenvalue weighted by Crippen LogP contribution is -2.39. The fourth-order valence-corrected chi connectivity index (χ4v) is 4.19. The summed E-state index contributed by atoms with van der Waals surface area (Å²) in [5.74, 6) is -0.0310. The van der Waals surface area contributed by atoms with Crippen molar-refractivity contribution in [2.24, 2.45) is 0 Å². The summed E-state index contributed by atoms with van der Waals surface area (Å²) >= 11 is 8.99. The number of rotatable bonds is 5. The lowest BCUT2D eigenvalue weighted by Gasteiger charge is -2.31. The molecule has 0 amide bonds. The van der Waals surface area contributed by atoms with Crippen molar-refractivity contribution in [1.82, 2.24) is 0 Å². The van der Waals surface area contributed by atoms with Crippen LogP contribution in [0.25, 0.3) is 0 Å². The molecule has 0 radical (unpaired) electrons. The molecule has 0 heterocycles. The van der Waals surface area contributed by atoms with E-state index in [1.54, 1.807) is 38.1 Å². The van der Waals surface area contributed by atoms with E-state index in [1.807, 2.05) is 0 Å². The van der Waals surface area contributed by atoms with Crippen molar-refractivity contribution in [3.8, 4) is 0 Å². The summed E-state index contributed by atoms with van der Waals surface area (Å²) in [6, 6.07) is 6.51. The number of sulfone groups is 1. The van der Waals surface area contributed by atoms with Crippen molar-refractivity contribution in [3.63, 3.8) is 0 Å². The highest BCUT2D eigenvalue weighted by molar-refractivity contribution is 9.11. The van der Waals surface area contributed by atoms with Crippen LogP contribution in [0.3, 0.4) is 0 Å². The zero-order chi connectivity index (χ0) is 14.0. The van der Waals surface area contributed by atoms with Crippen LogP contribution in [-0.2, 0) is 9.84 Å². The third-order valence-corrected chi connectivity index (χ3v) is 8.01. The maximum Gasteiger partial charge on any atom is 0.168 e. The maximum absolute atomic E-state index is 12.1. The number of benzene rings is 1. The standard InChI is InChI=1S/C12H16BrClO3S/c1-3-12(13,18(16,17)4-2)11(15)9-5-7-10(14)8-6-9/h5-8,11,15H,3-4H2,1-2H3/t11-,12-/m0/s1. The van der Waals surface area contributed by atoms with Crippen LogP contribution in [0.5, 0.6) is 0 Å². The number of hydrogen-bond donors (Lipinski definition) is 1. The molecule has 0 spiro atoms. The van der Waals surface area contributed by atoms with Crippen molar-refractivity contribution in [1.29, 1.82) is 0 Å². The minimum absolute atomic E-state index is 0.0310. The van der Waals surface area contributed by atoms with E-state index in [2.05, 4.69) is 15.9 Å². The van der Waals surface area contributed by atoms with Gasteiger partial charge in [0.05, 0.1) is 0 Å². The van der Waals surface area contributed by atoms with Crippen molar-refractivity contribution in [2.45, 2.75) is 30.0 Å². The average molecular weight is 356 g/mol. The van der Waals surface area contributed by atoms with Crippen molar-refractivity contribution < 1.29 is 13.5 Å². The van der Waals surface area contributed by atoms with E-state index in [0.717, 1.165) is 0 Å². The first kappa shape index (κ1) is 16.0. The molecule has 0 saturated heterocycles. The zero-order valence-corrected chi connectivity index (χ0v) is 13.4. The van der Waals surface area contributed by atoms with Gasteiger partial charge in [-0.25, -0.2) is 8.42 Å². The van der Waals surface area contributed by atoms with Gasteiger partial charge in [0.25, 0.3) is 0 Å². The lowest BCUT2D eigenvalue weighted by molar-refractivity contribution is 0.160. The van der Waals surface area contributed by atoms with Gasteiger partial charge < -0.3 is 5.11 Å². The number of hydrogen-bond acceptors (Lipinski definition) is 3. The summed E-state index contributed by atoms with van der Waals surface area (Å²) in [6.07, 6.45) is -0.864. The van der Waals surface area contributed by atoms with Crippen LogP contribution in [-0.4, -0.2) is 22.9 Å². The molecule has 0 aliphatic carbocycles. The Kier molecular flexibility index (Phi) is 5.23. The Morgan fingerprint density at radius 2 is 1.83 bits per heavy atom. The minimum atomic E-state index is -3.43. The largest absolute Gasteiger partial charge is 0.386 e. The summed E-state index contributed by atoms with van der Waals surface area (Å²) < 4.78 is 22.8. The molecule has 1 rings (SSSR count). The summed E-state index contributed by atoms with van der Waals surface area (Å²) in [5.41, 5.74) is 0.523. The van der Waals surface area contributed by atoms with Crippen molar-refractivity contribution in [2.75, 3.05) is 5.75 Å². The second kappa shape index (κ2) is 5.90. The van der Waals surface area contributed by atoms with Crippen molar-refractivity contribution >= 4 is 37.4 Å². The molecule has 102 valence electrons. The topological polar surface area (TPSA) is 54.4 Å². The zero-order valence-electron chi connectivity index (χ0n) is 10.2. The molecule has 2 atom stereocenters. The number of aliphatic hydroxyl groups excluding tert-OH is 1. The van der Waals surface area contributed by atoms with Crippen molar-refractivity contribution in [3.05, 3.63) is 34.9 Å². The molecular weight excluding hydrogens is 340 g/mol. The third kappa shape index (κ3) is 2.90. The highest BCUT2D eigenvalue weighted by Crippen LogP contribution is 2.42. The van der Waals surface area contributed by atoms with E-state index in [1.165, 1.54) is 0 Å². The minimum Gasteiger partial charge on any atom is -0.386 e. The van der Waals surface area contributed by atoms with Gasteiger partial charge in [0.1, 0.15) is 6.10 Å². The van der Waals surface area contributed by atoms with E-state index >= 15 is 0 Å². The SMILES string of the molecule is CC[C@@](Br)([C@@H](O)c1ccc(Cl)cc1)S(=O)(=O)CC. The molecule has 0 unspecified atom stereocenters. The Morgan fingerprint density at radius 3 is 2.22 bits per heavy atom. The lowest BCUT2D eigenvalue weighted by atomic mass is 10.1. The molecule has 0 aliphatic rings. The Morgan fingerprint density at radius 1 is 1.33 bits per heavy atom. The van der Waals surface area contributed by atoms with Gasteiger partial charge in [0.15, 0.2) is 13.5 Å². The number of alkyl halides is 1. The Balaban J connectivity index is 3.21. The Hall–Kier alpha value is -0.100. The van der Waals surface area contributed by atoms with Gasteiger partial charge in [-0.15, -0.1) is 0 Å². The Bertz CT molecular complexity index is 501. The molecule has 1 aromatic rings. The van der Waals surface area contributed by atoms with Gasteiger partial charge in [0, 0.05) is 10.8 Å². The average Bonchev–Trinajstić information content (AvgIpc) is 2.37. The van der Waals surface area contributed by atoms with Gasteiger partial charge in [-0.05, 0) is 24.1 Å². The summed E-state index contributed by atoms with van der Waals surface area (Å²) in [6.45, 7) is 3.29. The van der Waals surface area contributed by atoms with Gasteiger partial charge in [-0.2, -0.15) is 0 Å². The summed E-state index contributed by atoms with van der Waals surface area (Å²) in [7, 11) is -3.43. The number of aliphatic hydroxyl groups is 1. The predicted molar refractivity (Wildman–Crippen MR) is 77.8 cm³/mol. The molecule has 0 saturated carbocycles. The fraction of sp³-hybridized carbons (Fsp3) is 0.500. The van der Waals surface area contributed by atoms with Crippen LogP contribution in [0, 0.1) is 0 Å². The molecule has 0 aromatic heterocycles. The van der Waals surface area contributed by atoms with E-state index in [4.69, 9.17) is 11.6 Å². The highest BCUT2D eigenvalue weighted by Gasteiger charge is 2.45. The van der Waals surface area contributed by atoms with E-state index in [9.17, 15) is 13.5 Å². The Labute approximate surface area is 121 Å². The van der Waals surface area contributed by atoms with Crippen LogP contribution in [0.4, 0.5) is 0 Å². The first-order valence-corrected chi connectivity index (χ1v) is 8.45. The maximum atomic E-state index is 12.1. The predicted octanol–water partition coefficient (Wildman–Crippen LogP) is 3.31. The molecule has 6 heteroatoms. The molecule has 0 bridgehead atoms. The summed E-state index contributed by atoms with van der Waals surface area (Å²) in [4.78, 5) is 0. The normalized spacial score (nSPS) is 17.2. The van der Waals surface area contributed by atoms with Crippen LogP contribution < -0.4 is 0 Å². The monoisotopic (exact) mass is 354 g/mol. The second-order valence-electron chi connectivity index (χ2n) is 4.00. The molecule has 0 fully saturated rings. The van der Waals surface area contributed by atoms with Crippen LogP contribution in [0.15, 0.2) is 24.3 Å². The third-order valence-electron chi connectivity index (χ3n) is 2.97.